The van der Waals surface area contributed by atoms with Crippen LogP contribution in [0.25, 0.3) is 0 Å². The maximum Gasteiger partial charge on any atom is 0.164 e. The average molecular weight is 174 g/mol. The van der Waals surface area contributed by atoms with Crippen LogP contribution in [-0.2, 0) is 9.47 Å². The fourth-order valence-electron chi connectivity index (χ4n) is 1.60. The van der Waals surface area contributed by atoms with Crippen LogP contribution in [0, 0.1) is 0 Å². The van der Waals surface area contributed by atoms with Crippen LogP contribution in [0.5, 0.6) is 0 Å². The summed E-state index contributed by atoms with van der Waals surface area (Å²) in [7, 11) is 0. The minimum absolute atomic E-state index is 0.0764. The van der Waals surface area contributed by atoms with Crippen molar-refractivity contribution in [3.05, 3.63) is 0 Å². The molecule has 0 radical (unpaired) electrons. The zero-order valence-electron chi connectivity index (χ0n) is 8.42. The third kappa shape index (κ3) is 1.49. The normalized spacial score (nSPS) is 43.0. The molecule has 12 heavy (non-hydrogen) atoms. The smallest absolute Gasteiger partial charge is 0.164 e. The molecule has 1 N–H and O–H groups in total. The lowest BCUT2D eigenvalue weighted by Crippen LogP contribution is -2.45. The largest absolute Gasteiger partial charge is 0.390 e. The van der Waals surface area contributed by atoms with Gasteiger partial charge in [-0.1, -0.05) is 0 Å². The summed E-state index contributed by atoms with van der Waals surface area (Å²) in [5.41, 5.74) is -0.580. The summed E-state index contributed by atoms with van der Waals surface area (Å²) < 4.78 is 11.2. The molecule has 0 aromatic carbocycles. The Morgan fingerprint density at radius 1 is 1.33 bits per heavy atom. The predicted molar refractivity (Wildman–Crippen MR) is 45.8 cm³/mol. The number of hydrogen-bond acceptors (Lipinski definition) is 3. The molecule has 3 nitrogen and oxygen atoms in total. The molecule has 1 saturated heterocycles. The molecular weight excluding hydrogens is 156 g/mol. The van der Waals surface area contributed by atoms with E-state index in [1.807, 2.05) is 27.7 Å². The van der Waals surface area contributed by atoms with Gasteiger partial charge in [0.2, 0.25) is 0 Å². The highest BCUT2D eigenvalue weighted by atomic mass is 16.8. The van der Waals surface area contributed by atoms with E-state index in [1.54, 1.807) is 6.92 Å². The fourth-order valence-corrected chi connectivity index (χ4v) is 1.60. The highest BCUT2D eigenvalue weighted by Gasteiger charge is 2.50. The Bertz CT molecular complexity index is 177. The molecule has 0 saturated carbocycles. The molecule has 0 spiro atoms. The van der Waals surface area contributed by atoms with Gasteiger partial charge in [0.05, 0.1) is 12.2 Å². The predicted octanol–water partition coefficient (Wildman–Crippen LogP) is 1.30. The van der Waals surface area contributed by atoms with Crippen LogP contribution in [-0.4, -0.2) is 28.7 Å². The van der Waals surface area contributed by atoms with Crippen molar-refractivity contribution >= 4 is 0 Å². The van der Waals surface area contributed by atoms with Gasteiger partial charge in [0.1, 0.15) is 5.60 Å². The second-order valence-corrected chi connectivity index (χ2v) is 4.12. The first-order valence-electron chi connectivity index (χ1n) is 4.34. The summed E-state index contributed by atoms with van der Waals surface area (Å²) in [6.45, 7) is 9.23. The van der Waals surface area contributed by atoms with Gasteiger partial charge in [-0.25, -0.2) is 0 Å². The second kappa shape index (κ2) is 2.69. The molecule has 1 rings (SSSR count). The SMILES string of the molecule is CC(O)[C@@]1(C)OC(C)(C)O[C@@H]1C. The van der Waals surface area contributed by atoms with Crippen molar-refractivity contribution in [3.63, 3.8) is 0 Å². The van der Waals surface area contributed by atoms with Gasteiger partial charge in [-0.3, -0.25) is 0 Å². The van der Waals surface area contributed by atoms with Crippen molar-refractivity contribution < 1.29 is 14.6 Å². The molecule has 1 fully saturated rings. The summed E-state index contributed by atoms with van der Waals surface area (Å²) in [5.74, 6) is -0.578. The Morgan fingerprint density at radius 3 is 2.00 bits per heavy atom. The van der Waals surface area contributed by atoms with Gasteiger partial charge in [0, 0.05) is 0 Å². The van der Waals surface area contributed by atoms with E-state index in [1.165, 1.54) is 0 Å². The third-order valence-electron chi connectivity index (χ3n) is 2.56. The Kier molecular flexibility index (Phi) is 2.23. The Labute approximate surface area is 73.7 Å². The molecule has 0 aromatic rings. The molecule has 1 aliphatic rings. The van der Waals surface area contributed by atoms with Gasteiger partial charge < -0.3 is 14.6 Å². The number of rotatable bonds is 1. The quantitative estimate of drug-likeness (QED) is 0.651. The van der Waals surface area contributed by atoms with E-state index in [0.717, 1.165) is 0 Å². The van der Waals surface area contributed by atoms with Gasteiger partial charge in [-0.2, -0.15) is 0 Å². The van der Waals surface area contributed by atoms with Gasteiger partial charge >= 0.3 is 0 Å². The first-order chi connectivity index (χ1) is 5.28. The Balaban J connectivity index is 2.81. The molecule has 0 aliphatic carbocycles. The molecule has 72 valence electrons. The molecule has 3 heteroatoms. The second-order valence-electron chi connectivity index (χ2n) is 4.12. The molecule has 3 atom stereocenters. The van der Waals surface area contributed by atoms with Crippen LogP contribution in [0.4, 0.5) is 0 Å². The lowest BCUT2D eigenvalue weighted by Gasteiger charge is -2.30. The topological polar surface area (TPSA) is 38.7 Å². The van der Waals surface area contributed by atoms with E-state index in [0.29, 0.717) is 0 Å². The lowest BCUT2D eigenvalue weighted by atomic mass is 9.95. The summed E-state index contributed by atoms with van der Waals surface area (Å²) >= 11 is 0. The minimum atomic E-state index is -0.580. The number of aliphatic hydroxyl groups excluding tert-OH is 1. The average Bonchev–Trinajstić information content (AvgIpc) is 2.03. The third-order valence-corrected chi connectivity index (χ3v) is 2.56. The van der Waals surface area contributed by atoms with E-state index in [9.17, 15) is 5.11 Å². The zero-order chi connectivity index (χ0) is 9.57. The van der Waals surface area contributed by atoms with E-state index in [4.69, 9.17) is 9.47 Å². The van der Waals surface area contributed by atoms with Crippen LogP contribution in [0.3, 0.4) is 0 Å². The molecule has 0 amide bonds. The Hall–Kier alpha value is -0.120. The van der Waals surface area contributed by atoms with Crippen molar-refractivity contribution in [2.45, 2.75) is 58.2 Å². The van der Waals surface area contributed by atoms with Crippen LogP contribution < -0.4 is 0 Å². The first-order valence-corrected chi connectivity index (χ1v) is 4.34. The molecule has 0 aromatic heterocycles. The summed E-state index contributed by atoms with van der Waals surface area (Å²) in [6.07, 6.45) is -0.596. The highest BCUT2D eigenvalue weighted by Crippen LogP contribution is 2.38. The van der Waals surface area contributed by atoms with Crippen LogP contribution in [0.15, 0.2) is 0 Å². The maximum absolute atomic E-state index is 9.51. The number of ether oxygens (including phenoxy) is 2. The van der Waals surface area contributed by atoms with Gasteiger partial charge in [0.25, 0.3) is 0 Å². The van der Waals surface area contributed by atoms with Gasteiger partial charge in [-0.05, 0) is 34.6 Å². The fraction of sp³-hybridized carbons (Fsp3) is 1.00. The monoisotopic (exact) mass is 174 g/mol. The van der Waals surface area contributed by atoms with Crippen LogP contribution >= 0.6 is 0 Å². The molecule has 0 bridgehead atoms. The number of aliphatic hydroxyl groups is 1. The van der Waals surface area contributed by atoms with Crippen molar-refractivity contribution in [2.75, 3.05) is 0 Å². The van der Waals surface area contributed by atoms with Crippen LogP contribution in [0.2, 0.25) is 0 Å². The summed E-state index contributed by atoms with van der Waals surface area (Å²) in [4.78, 5) is 0. The van der Waals surface area contributed by atoms with Crippen molar-refractivity contribution in [2.24, 2.45) is 0 Å². The summed E-state index contributed by atoms with van der Waals surface area (Å²) in [6, 6.07) is 0. The zero-order valence-corrected chi connectivity index (χ0v) is 8.42. The summed E-state index contributed by atoms with van der Waals surface area (Å²) in [5, 5.41) is 9.51. The number of hydrogen-bond donors (Lipinski definition) is 1. The van der Waals surface area contributed by atoms with E-state index < -0.39 is 17.5 Å². The first kappa shape index (κ1) is 9.96. The van der Waals surface area contributed by atoms with Crippen molar-refractivity contribution in [3.8, 4) is 0 Å². The van der Waals surface area contributed by atoms with E-state index >= 15 is 0 Å². The lowest BCUT2D eigenvalue weighted by molar-refractivity contribution is -0.177. The highest BCUT2D eigenvalue weighted by molar-refractivity contribution is 4.94. The standard InChI is InChI=1S/C9H18O3/c1-6(10)9(5)7(2)11-8(3,4)12-9/h6-7,10H,1-5H3/t6?,7-,9-/m1/s1. The van der Waals surface area contributed by atoms with E-state index in [-0.39, 0.29) is 6.10 Å². The van der Waals surface area contributed by atoms with Crippen LogP contribution in [0.1, 0.15) is 34.6 Å². The van der Waals surface area contributed by atoms with Gasteiger partial charge in [0.15, 0.2) is 5.79 Å². The van der Waals surface area contributed by atoms with Crippen molar-refractivity contribution in [1.29, 1.82) is 0 Å². The van der Waals surface area contributed by atoms with E-state index in [2.05, 4.69) is 0 Å². The maximum atomic E-state index is 9.51. The molecule has 1 heterocycles. The minimum Gasteiger partial charge on any atom is -0.390 e. The van der Waals surface area contributed by atoms with Gasteiger partial charge in [-0.15, -0.1) is 0 Å². The molecule has 1 aliphatic heterocycles. The Morgan fingerprint density at radius 2 is 1.83 bits per heavy atom. The molecule has 1 unspecified atom stereocenters. The van der Waals surface area contributed by atoms with Crippen molar-refractivity contribution in [1.82, 2.24) is 0 Å². The molecular formula is C9H18O3.